The molecule has 0 aliphatic rings. The molecule has 0 rings (SSSR count). The zero-order valence-electron chi connectivity index (χ0n) is 4.78. The van der Waals surface area contributed by atoms with Crippen molar-refractivity contribution < 1.29 is 0 Å². The highest BCUT2D eigenvalue weighted by molar-refractivity contribution is 14.1. The van der Waals surface area contributed by atoms with Crippen LogP contribution in [0, 0.1) is 0 Å². The number of halogens is 2. The Morgan fingerprint density at radius 1 is 1.62 bits per heavy atom. The van der Waals surface area contributed by atoms with Crippen molar-refractivity contribution in [1.29, 1.82) is 0 Å². The fourth-order valence-corrected chi connectivity index (χ4v) is 0.947. The van der Waals surface area contributed by atoms with Gasteiger partial charge < -0.3 is 3.53 Å². The van der Waals surface area contributed by atoms with E-state index in [-0.39, 0.29) is 0 Å². The maximum atomic E-state index is 4.18. The molecule has 0 saturated heterocycles. The van der Waals surface area contributed by atoms with Gasteiger partial charge >= 0.3 is 0 Å². The Morgan fingerprint density at radius 3 is 2.25 bits per heavy atom. The minimum atomic E-state index is 0.393. The van der Waals surface area contributed by atoms with Crippen LogP contribution < -0.4 is 3.53 Å². The summed E-state index contributed by atoms with van der Waals surface area (Å²) in [6.45, 7) is 4.10. The van der Waals surface area contributed by atoms with E-state index >= 15 is 0 Å². The van der Waals surface area contributed by atoms with Crippen LogP contribution in [0.5, 0.6) is 0 Å². The van der Waals surface area contributed by atoms with Gasteiger partial charge in [-0.1, -0.05) is 0 Å². The van der Waals surface area contributed by atoms with Crippen LogP contribution in [-0.2, 0) is 0 Å². The van der Waals surface area contributed by atoms with Crippen molar-refractivity contribution in [3.63, 3.8) is 0 Å². The smallest absolute Gasteiger partial charge is 0.168 e. The van der Waals surface area contributed by atoms with Crippen LogP contribution in [-0.4, -0.2) is 9.88 Å². The summed E-state index contributed by atoms with van der Waals surface area (Å²) in [5.74, 6) is 0. The van der Waals surface area contributed by atoms with Crippen molar-refractivity contribution in [3.05, 3.63) is 0 Å². The monoisotopic (exact) mass is 338 g/mol. The standard InChI is InChI=1S/C4H8I2N2/c1-3(2)7-4(5)8-6/h3H,1-2H3,(H,7,8). The Labute approximate surface area is 77.2 Å². The van der Waals surface area contributed by atoms with E-state index < -0.39 is 0 Å². The SMILES string of the molecule is CC(C)N=C(I)NI. The summed E-state index contributed by atoms with van der Waals surface area (Å²) in [7, 11) is 0. The van der Waals surface area contributed by atoms with Crippen LogP contribution in [0.1, 0.15) is 13.8 Å². The lowest BCUT2D eigenvalue weighted by molar-refractivity contribution is 0.838. The third-order valence-corrected chi connectivity index (χ3v) is 2.54. The molecule has 4 heteroatoms. The summed E-state index contributed by atoms with van der Waals surface area (Å²) in [5.41, 5.74) is 0. The second-order valence-electron chi connectivity index (χ2n) is 1.61. The fraction of sp³-hybridized carbons (Fsp3) is 0.750. The van der Waals surface area contributed by atoms with E-state index in [9.17, 15) is 0 Å². The highest BCUT2D eigenvalue weighted by Gasteiger charge is 1.88. The number of hydrogen-bond acceptors (Lipinski definition) is 1. The number of nitrogens with zero attached hydrogens (tertiary/aromatic N) is 1. The third kappa shape index (κ3) is 5.07. The van der Waals surface area contributed by atoms with Crippen LogP contribution in [0.25, 0.3) is 0 Å². The Balaban J connectivity index is 3.56. The Hall–Kier alpha value is 0.930. The summed E-state index contributed by atoms with van der Waals surface area (Å²) in [4.78, 5) is 4.18. The topological polar surface area (TPSA) is 24.4 Å². The predicted octanol–water partition coefficient (Wildman–Crippen LogP) is 2.13. The first-order valence-corrected chi connectivity index (χ1v) is 4.42. The number of aliphatic imine (C=N–C) groups is 1. The van der Waals surface area contributed by atoms with Gasteiger partial charge in [0.2, 0.25) is 0 Å². The molecule has 0 spiro atoms. The zero-order chi connectivity index (χ0) is 6.57. The van der Waals surface area contributed by atoms with E-state index in [1.54, 1.807) is 0 Å². The molecule has 0 amide bonds. The normalized spacial score (nSPS) is 12.4. The van der Waals surface area contributed by atoms with Gasteiger partial charge in [0.25, 0.3) is 0 Å². The minimum absolute atomic E-state index is 0.393. The number of amidine groups is 1. The predicted molar refractivity (Wildman–Crippen MR) is 53.7 cm³/mol. The zero-order valence-corrected chi connectivity index (χ0v) is 9.10. The molecule has 0 unspecified atom stereocenters. The van der Waals surface area contributed by atoms with E-state index in [1.807, 2.05) is 13.8 Å². The van der Waals surface area contributed by atoms with Crippen molar-refractivity contribution in [2.24, 2.45) is 4.99 Å². The first-order valence-electron chi connectivity index (χ1n) is 2.26. The van der Waals surface area contributed by atoms with Crippen molar-refractivity contribution in [1.82, 2.24) is 3.53 Å². The number of nitrogens with one attached hydrogen (secondary N) is 1. The molecule has 1 N–H and O–H groups in total. The number of hydrogen-bond donors (Lipinski definition) is 1. The first kappa shape index (κ1) is 8.93. The molecule has 0 fully saturated rings. The second-order valence-corrected chi connectivity index (χ2v) is 3.17. The first-order chi connectivity index (χ1) is 3.66. The van der Waals surface area contributed by atoms with Crippen molar-refractivity contribution >= 4 is 49.3 Å². The maximum absolute atomic E-state index is 4.18. The van der Waals surface area contributed by atoms with Crippen molar-refractivity contribution in [2.75, 3.05) is 0 Å². The van der Waals surface area contributed by atoms with E-state index in [4.69, 9.17) is 0 Å². The molecule has 8 heavy (non-hydrogen) atoms. The summed E-state index contributed by atoms with van der Waals surface area (Å²) >= 11 is 4.21. The molecule has 0 aromatic heterocycles. The van der Waals surface area contributed by atoms with Gasteiger partial charge in [-0.2, -0.15) is 0 Å². The largest absolute Gasteiger partial charge is 0.308 e. The molecule has 0 radical (unpaired) electrons. The van der Waals surface area contributed by atoms with Crippen molar-refractivity contribution in [2.45, 2.75) is 19.9 Å². The van der Waals surface area contributed by atoms with Crippen LogP contribution in [0.4, 0.5) is 0 Å². The average Bonchev–Trinajstić information content (AvgIpc) is 1.65. The van der Waals surface area contributed by atoms with E-state index in [0.717, 1.165) is 3.84 Å². The summed E-state index contributed by atoms with van der Waals surface area (Å²) in [5, 5.41) is 0. The molecule has 0 bridgehead atoms. The van der Waals surface area contributed by atoms with Crippen molar-refractivity contribution in [3.8, 4) is 0 Å². The molecule has 48 valence electrons. The van der Waals surface area contributed by atoms with Crippen LogP contribution >= 0.6 is 45.5 Å². The maximum Gasteiger partial charge on any atom is 0.168 e. The minimum Gasteiger partial charge on any atom is -0.308 e. The lowest BCUT2D eigenvalue weighted by atomic mass is 10.4. The van der Waals surface area contributed by atoms with E-state index in [1.165, 1.54) is 0 Å². The molecule has 0 aliphatic heterocycles. The lowest BCUT2D eigenvalue weighted by Gasteiger charge is -1.96. The van der Waals surface area contributed by atoms with Gasteiger partial charge in [-0.25, -0.2) is 0 Å². The molecule has 0 atom stereocenters. The van der Waals surface area contributed by atoms with Crippen LogP contribution in [0.15, 0.2) is 4.99 Å². The summed E-state index contributed by atoms with van der Waals surface area (Å²) < 4.78 is 3.86. The van der Waals surface area contributed by atoms with Crippen LogP contribution in [0.3, 0.4) is 0 Å². The quantitative estimate of drug-likeness (QED) is 0.256. The molecule has 0 aromatic rings. The number of rotatable bonds is 1. The van der Waals surface area contributed by atoms with E-state index in [2.05, 4.69) is 54.0 Å². The highest BCUT2D eigenvalue weighted by atomic mass is 127. The fourth-order valence-electron chi connectivity index (χ4n) is 0.251. The van der Waals surface area contributed by atoms with Gasteiger partial charge in [0, 0.05) is 6.04 Å². The molecular formula is C4H8I2N2. The molecule has 0 aromatic carbocycles. The molecular weight excluding hydrogens is 330 g/mol. The highest BCUT2D eigenvalue weighted by Crippen LogP contribution is 1.93. The van der Waals surface area contributed by atoms with Gasteiger partial charge in [0.05, 0.1) is 22.9 Å². The molecule has 0 heterocycles. The summed E-state index contributed by atoms with van der Waals surface area (Å²) in [6.07, 6.45) is 0. The lowest BCUT2D eigenvalue weighted by Crippen LogP contribution is -2.05. The van der Waals surface area contributed by atoms with Gasteiger partial charge in [-0.3, -0.25) is 4.99 Å². The van der Waals surface area contributed by atoms with Gasteiger partial charge in [-0.05, 0) is 36.4 Å². The second kappa shape index (κ2) is 4.78. The van der Waals surface area contributed by atoms with Gasteiger partial charge in [0.1, 0.15) is 0 Å². The van der Waals surface area contributed by atoms with Gasteiger partial charge in [-0.15, -0.1) is 0 Å². The molecule has 2 nitrogen and oxygen atoms in total. The average molecular weight is 338 g/mol. The van der Waals surface area contributed by atoms with Gasteiger partial charge in [0.15, 0.2) is 3.84 Å². The Kier molecular flexibility index (Phi) is 5.33. The molecule has 0 saturated carbocycles. The van der Waals surface area contributed by atoms with Crippen LogP contribution in [0.2, 0.25) is 0 Å². The summed E-state index contributed by atoms with van der Waals surface area (Å²) in [6, 6.07) is 0.393. The Morgan fingerprint density at radius 2 is 2.12 bits per heavy atom. The van der Waals surface area contributed by atoms with E-state index in [0.29, 0.717) is 6.04 Å². The Bertz CT molecular complexity index is 90.0. The molecule has 0 aliphatic carbocycles. The third-order valence-electron chi connectivity index (χ3n) is 0.450.